The lowest BCUT2D eigenvalue weighted by Gasteiger charge is -2.25. The molecule has 0 N–H and O–H groups in total. The maximum Gasteiger partial charge on any atom is 0.259 e. The molecule has 0 aliphatic carbocycles. The fourth-order valence-corrected chi connectivity index (χ4v) is 2.06. The smallest absolute Gasteiger partial charge is 0.259 e. The van der Waals surface area contributed by atoms with Crippen molar-refractivity contribution in [1.82, 2.24) is 9.38 Å². The Balaban J connectivity index is 2.43. The van der Waals surface area contributed by atoms with E-state index in [1.165, 1.54) is 0 Å². The molecule has 0 saturated carbocycles. The van der Waals surface area contributed by atoms with Crippen LogP contribution in [0.3, 0.4) is 0 Å². The molecule has 0 radical (unpaired) electrons. The Kier molecular flexibility index (Phi) is 3.65. The molecular weight excluding hydrogens is 226 g/mol. The number of rotatable bonds is 4. The first-order valence-electron chi connectivity index (χ1n) is 6.34. The highest BCUT2D eigenvalue weighted by Crippen LogP contribution is 2.13. The van der Waals surface area contributed by atoms with Crippen molar-refractivity contribution < 1.29 is 0 Å². The number of hydrogen-bond donors (Lipinski definition) is 0. The van der Waals surface area contributed by atoms with Crippen LogP contribution in [0.4, 0.5) is 5.82 Å². The van der Waals surface area contributed by atoms with Crippen LogP contribution < -0.4 is 10.5 Å². The molecule has 0 fully saturated rings. The number of hydrogen-bond acceptors (Lipinski definition) is 3. The number of nitrogens with zero attached hydrogens (tertiary/aromatic N) is 3. The summed E-state index contributed by atoms with van der Waals surface area (Å²) in [5, 5.41) is 0. The van der Waals surface area contributed by atoms with Crippen molar-refractivity contribution in [2.45, 2.75) is 32.7 Å². The first-order chi connectivity index (χ1) is 8.63. The molecule has 96 valence electrons. The molecule has 1 atom stereocenters. The highest BCUT2D eigenvalue weighted by molar-refractivity contribution is 5.48. The van der Waals surface area contributed by atoms with Crippen molar-refractivity contribution >= 4 is 11.5 Å². The Morgan fingerprint density at radius 2 is 2.22 bits per heavy atom. The molecule has 2 aromatic rings. The Labute approximate surface area is 107 Å². The number of aromatic nitrogens is 2. The molecule has 4 nitrogen and oxygen atoms in total. The lowest BCUT2D eigenvalue weighted by Crippen LogP contribution is -2.31. The van der Waals surface area contributed by atoms with E-state index in [9.17, 15) is 4.79 Å². The minimum absolute atomic E-state index is 0.0360. The Morgan fingerprint density at radius 3 is 2.94 bits per heavy atom. The predicted octanol–water partition coefficient (Wildman–Crippen LogP) is 2.32. The molecular formula is C14H19N3O. The van der Waals surface area contributed by atoms with Crippen LogP contribution in [0.1, 0.15) is 26.7 Å². The van der Waals surface area contributed by atoms with Gasteiger partial charge in [-0.15, -0.1) is 0 Å². The van der Waals surface area contributed by atoms with Crippen LogP contribution in [0.25, 0.3) is 5.65 Å². The molecule has 0 aromatic carbocycles. The first kappa shape index (κ1) is 12.6. The third-order valence-corrected chi connectivity index (χ3v) is 3.29. The van der Waals surface area contributed by atoms with E-state index in [2.05, 4.69) is 23.7 Å². The summed E-state index contributed by atoms with van der Waals surface area (Å²) in [6.45, 7) is 4.31. The third kappa shape index (κ3) is 2.37. The lowest BCUT2D eigenvalue weighted by molar-refractivity contribution is 0.611. The van der Waals surface area contributed by atoms with Crippen LogP contribution in [-0.2, 0) is 0 Å². The summed E-state index contributed by atoms with van der Waals surface area (Å²) < 4.78 is 1.56. The fraction of sp³-hybridized carbons (Fsp3) is 0.429. The molecule has 0 aliphatic heterocycles. The second-order valence-electron chi connectivity index (χ2n) is 4.63. The zero-order chi connectivity index (χ0) is 13.1. The fourth-order valence-electron chi connectivity index (χ4n) is 2.06. The van der Waals surface area contributed by atoms with Gasteiger partial charge in [-0.25, -0.2) is 4.98 Å². The van der Waals surface area contributed by atoms with E-state index >= 15 is 0 Å². The molecule has 0 aliphatic rings. The summed E-state index contributed by atoms with van der Waals surface area (Å²) in [6, 6.07) is 7.55. The van der Waals surface area contributed by atoms with Gasteiger partial charge in [0.25, 0.3) is 5.56 Å². The molecule has 0 spiro atoms. The Hall–Kier alpha value is -1.84. The maximum atomic E-state index is 12.0. The van der Waals surface area contributed by atoms with Crippen molar-refractivity contribution in [1.29, 1.82) is 0 Å². The van der Waals surface area contributed by atoms with Gasteiger partial charge in [-0.3, -0.25) is 9.20 Å². The van der Waals surface area contributed by atoms with Gasteiger partial charge >= 0.3 is 0 Å². The second-order valence-corrected chi connectivity index (χ2v) is 4.63. The van der Waals surface area contributed by atoms with Gasteiger partial charge in [0.2, 0.25) is 0 Å². The largest absolute Gasteiger partial charge is 0.357 e. The highest BCUT2D eigenvalue weighted by Gasteiger charge is 2.12. The van der Waals surface area contributed by atoms with Gasteiger partial charge in [-0.1, -0.05) is 19.4 Å². The molecule has 0 saturated heterocycles. The molecule has 2 heterocycles. The molecule has 0 amide bonds. The highest BCUT2D eigenvalue weighted by atomic mass is 16.1. The first-order valence-corrected chi connectivity index (χ1v) is 6.34. The summed E-state index contributed by atoms with van der Waals surface area (Å²) in [5.41, 5.74) is 0.654. The van der Waals surface area contributed by atoms with Crippen molar-refractivity contribution in [3.8, 4) is 0 Å². The maximum absolute atomic E-state index is 12.0. The van der Waals surface area contributed by atoms with Crippen LogP contribution in [0, 0.1) is 0 Å². The summed E-state index contributed by atoms with van der Waals surface area (Å²) >= 11 is 0. The Bertz CT molecular complexity index is 591. The van der Waals surface area contributed by atoms with Crippen molar-refractivity contribution in [3.63, 3.8) is 0 Å². The minimum Gasteiger partial charge on any atom is -0.357 e. The van der Waals surface area contributed by atoms with Crippen LogP contribution >= 0.6 is 0 Å². The molecule has 2 rings (SSSR count). The Morgan fingerprint density at radius 1 is 1.44 bits per heavy atom. The molecule has 2 aromatic heterocycles. The quantitative estimate of drug-likeness (QED) is 0.829. The third-order valence-electron chi connectivity index (χ3n) is 3.29. The van der Waals surface area contributed by atoms with Gasteiger partial charge in [-0.05, 0) is 25.5 Å². The predicted molar refractivity (Wildman–Crippen MR) is 74.2 cm³/mol. The zero-order valence-electron chi connectivity index (χ0n) is 11.1. The van der Waals surface area contributed by atoms with Gasteiger partial charge in [0, 0.05) is 25.4 Å². The van der Waals surface area contributed by atoms with Crippen molar-refractivity contribution in [2.24, 2.45) is 0 Å². The monoisotopic (exact) mass is 245 g/mol. The summed E-state index contributed by atoms with van der Waals surface area (Å²) in [7, 11) is 1.99. The van der Waals surface area contributed by atoms with Crippen molar-refractivity contribution in [3.05, 3.63) is 40.8 Å². The van der Waals surface area contributed by atoms with E-state index in [4.69, 9.17) is 0 Å². The van der Waals surface area contributed by atoms with E-state index in [-0.39, 0.29) is 5.56 Å². The van der Waals surface area contributed by atoms with Gasteiger partial charge in [0.1, 0.15) is 11.5 Å². The second kappa shape index (κ2) is 5.21. The van der Waals surface area contributed by atoms with E-state index in [1.54, 1.807) is 16.7 Å². The van der Waals surface area contributed by atoms with Crippen LogP contribution in [0.2, 0.25) is 0 Å². The SMILES string of the molecule is CCC[C@@H](C)N(C)c1cc(=O)n2ccccc2n1. The average molecular weight is 245 g/mol. The standard InChI is InChI=1S/C14H19N3O/c1-4-7-11(2)16(3)13-10-14(18)17-9-6-5-8-12(17)15-13/h5-6,8-11H,4,7H2,1-3H3/t11-/m1/s1. The topological polar surface area (TPSA) is 37.6 Å². The van der Waals surface area contributed by atoms with E-state index in [1.807, 2.05) is 25.2 Å². The molecule has 0 bridgehead atoms. The van der Waals surface area contributed by atoms with E-state index in [0.717, 1.165) is 18.7 Å². The van der Waals surface area contributed by atoms with Gasteiger partial charge in [0.05, 0.1) is 0 Å². The normalized spacial score (nSPS) is 12.6. The van der Waals surface area contributed by atoms with Gasteiger partial charge < -0.3 is 4.90 Å². The summed E-state index contributed by atoms with van der Waals surface area (Å²) in [5.74, 6) is 0.743. The van der Waals surface area contributed by atoms with Crippen LogP contribution in [0.5, 0.6) is 0 Å². The van der Waals surface area contributed by atoms with Gasteiger partial charge in [0.15, 0.2) is 0 Å². The molecule has 4 heteroatoms. The number of anilines is 1. The van der Waals surface area contributed by atoms with E-state index < -0.39 is 0 Å². The molecule has 18 heavy (non-hydrogen) atoms. The minimum atomic E-state index is -0.0360. The summed E-state index contributed by atoms with van der Waals surface area (Å²) in [4.78, 5) is 18.6. The zero-order valence-corrected chi connectivity index (χ0v) is 11.1. The van der Waals surface area contributed by atoms with Gasteiger partial charge in [-0.2, -0.15) is 0 Å². The van der Waals surface area contributed by atoms with Crippen LogP contribution in [0.15, 0.2) is 35.3 Å². The van der Waals surface area contributed by atoms with Crippen LogP contribution in [-0.4, -0.2) is 22.5 Å². The van der Waals surface area contributed by atoms with E-state index in [0.29, 0.717) is 11.7 Å². The molecule has 0 unspecified atom stereocenters. The summed E-state index contributed by atoms with van der Waals surface area (Å²) in [6.07, 6.45) is 3.95. The number of fused-ring (bicyclic) bond motifs is 1. The lowest BCUT2D eigenvalue weighted by atomic mass is 10.2. The average Bonchev–Trinajstić information content (AvgIpc) is 2.38. The number of pyridine rings is 1. The van der Waals surface area contributed by atoms with Crippen molar-refractivity contribution in [2.75, 3.05) is 11.9 Å².